The van der Waals surface area contributed by atoms with Gasteiger partial charge >= 0.3 is 12.2 Å². The zero-order valence-electron chi connectivity index (χ0n) is 18.9. The molecule has 1 unspecified atom stereocenters. The quantitative estimate of drug-likeness (QED) is 0.753. The number of benzene rings is 1. The van der Waals surface area contributed by atoms with Crippen LogP contribution in [-0.4, -0.2) is 47.3 Å². The molecule has 0 spiro atoms. The normalized spacial score (nSPS) is 25.0. The van der Waals surface area contributed by atoms with Gasteiger partial charge in [-0.15, -0.1) is 0 Å². The van der Waals surface area contributed by atoms with E-state index in [2.05, 4.69) is 12.2 Å². The Morgan fingerprint density at radius 3 is 2.42 bits per heavy atom. The van der Waals surface area contributed by atoms with Gasteiger partial charge in [-0.3, -0.25) is 4.79 Å². The lowest BCUT2D eigenvalue weighted by atomic mass is 9.78. The topological polar surface area (TPSA) is 84.9 Å². The van der Waals surface area contributed by atoms with Crippen LogP contribution in [0.4, 0.5) is 9.59 Å². The maximum Gasteiger partial charge on any atom is 0.417 e. The number of hydrogen-bond acceptors (Lipinski definition) is 5. The molecule has 2 aliphatic rings. The molecule has 0 radical (unpaired) electrons. The minimum atomic E-state index is -0.814. The van der Waals surface area contributed by atoms with Crippen LogP contribution in [-0.2, 0) is 20.7 Å². The highest BCUT2D eigenvalue weighted by Crippen LogP contribution is 2.32. The van der Waals surface area contributed by atoms with Gasteiger partial charge in [-0.25, -0.2) is 14.5 Å². The average molecular weight is 431 g/mol. The monoisotopic (exact) mass is 430 g/mol. The van der Waals surface area contributed by atoms with E-state index >= 15 is 0 Å². The summed E-state index contributed by atoms with van der Waals surface area (Å²) in [4.78, 5) is 39.8. The van der Waals surface area contributed by atoms with Crippen molar-refractivity contribution >= 4 is 18.1 Å². The Balaban J connectivity index is 1.79. The van der Waals surface area contributed by atoms with E-state index in [-0.39, 0.29) is 12.5 Å². The fourth-order valence-corrected chi connectivity index (χ4v) is 4.35. The lowest BCUT2D eigenvalue weighted by Gasteiger charge is -2.35. The summed E-state index contributed by atoms with van der Waals surface area (Å²) in [7, 11) is 0. The molecular weight excluding hydrogens is 396 g/mol. The lowest BCUT2D eigenvalue weighted by Crippen LogP contribution is -2.56. The Hall–Kier alpha value is -2.57. The minimum absolute atomic E-state index is 0.0398. The maximum absolute atomic E-state index is 13.6. The van der Waals surface area contributed by atoms with Crippen LogP contribution in [0.3, 0.4) is 0 Å². The average Bonchev–Trinajstić information content (AvgIpc) is 3.06. The Bertz CT molecular complexity index is 781. The van der Waals surface area contributed by atoms with E-state index in [1.54, 1.807) is 20.8 Å². The SMILES string of the molecule is CC1CCC(C(NC(=O)OC(C)(C)C)C(=O)N2C(=O)OC[C@@H]2Cc2ccccc2)CC1. The van der Waals surface area contributed by atoms with Gasteiger partial charge in [0.05, 0.1) is 6.04 Å². The predicted molar refractivity (Wildman–Crippen MR) is 116 cm³/mol. The van der Waals surface area contributed by atoms with E-state index in [4.69, 9.17) is 9.47 Å². The molecule has 7 nitrogen and oxygen atoms in total. The molecule has 1 saturated carbocycles. The van der Waals surface area contributed by atoms with Crippen molar-refractivity contribution in [2.75, 3.05) is 6.61 Å². The summed E-state index contributed by atoms with van der Waals surface area (Å²) in [5.41, 5.74) is 0.341. The standard InChI is InChI=1S/C24H34N2O5/c1-16-10-12-18(13-11-16)20(25-22(28)31-24(2,3)4)21(27)26-19(15-30-23(26)29)14-17-8-6-5-7-9-17/h5-9,16,18-20H,10-15H2,1-4H3,(H,25,28)/t16?,18?,19-,20?/m0/s1. The summed E-state index contributed by atoms with van der Waals surface area (Å²) in [6.45, 7) is 7.68. The van der Waals surface area contributed by atoms with Crippen LogP contribution >= 0.6 is 0 Å². The predicted octanol–water partition coefficient (Wildman–Crippen LogP) is 4.30. The summed E-state index contributed by atoms with van der Waals surface area (Å²) >= 11 is 0. The first kappa shape index (κ1) is 23.1. The molecule has 0 aromatic heterocycles. The number of ether oxygens (including phenoxy) is 2. The van der Waals surface area contributed by atoms with Gasteiger partial charge in [-0.1, -0.05) is 50.1 Å². The third-order valence-electron chi connectivity index (χ3n) is 5.98. The number of imide groups is 1. The first-order valence-electron chi connectivity index (χ1n) is 11.2. The maximum atomic E-state index is 13.6. The molecule has 1 aromatic carbocycles. The second-order valence-electron chi connectivity index (χ2n) is 9.77. The highest BCUT2D eigenvalue weighted by molar-refractivity contribution is 5.98. The molecule has 1 aromatic rings. The van der Waals surface area contributed by atoms with Gasteiger partial charge in [0.15, 0.2) is 0 Å². The molecule has 1 heterocycles. The van der Waals surface area contributed by atoms with Gasteiger partial charge < -0.3 is 14.8 Å². The van der Waals surface area contributed by atoms with Crippen molar-refractivity contribution in [2.24, 2.45) is 11.8 Å². The number of nitrogens with one attached hydrogen (secondary N) is 1. The van der Waals surface area contributed by atoms with Gasteiger partial charge in [0.1, 0.15) is 18.2 Å². The van der Waals surface area contributed by atoms with Crippen molar-refractivity contribution in [2.45, 2.75) is 77.5 Å². The van der Waals surface area contributed by atoms with E-state index in [1.807, 2.05) is 30.3 Å². The summed E-state index contributed by atoms with van der Waals surface area (Å²) in [6, 6.07) is 8.49. The van der Waals surface area contributed by atoms with Crippen LogP contribution in [0.2, 0.25) is 0 Å². The van der Waals surface area contributed by atoms with Crippen molar-refractivity contribution in [1.82, 2.24) is 10.2 Å². The zero-order chi connectivity index (χ0) is 22.6. The second-order valence-corrected chi connectivity index (χ2v) is 9.77. The lowest BCUT2D eigenvalue weighted by molar-refractivity contribution is -0.133. The minimum Gasteiger partial charge on any atom is -0.447 e. The van der Waals surface area contributed by atoms with Crippen molar-refractivity contribution < 1.29 is 23.9 Å². The van der Waals surface area contributed by atoms with Crippen LogP contribution in [0, 0.1) is 11.8 Å². The van der Waals surface area contributed by atoms with Crippen molar-refractivity contribution in [3.05, 3.63) is 35.9 Å². The van der Waals surface area contributed by atoms with Gasteiger partial charge in [0.25, 0.3) is 5.91 Å². The summed E-state index contributed by atoms with van der Waals surface area (Å²) in [6.07, 6.45) is 2.84. The molecule has 1 N–H and O–H groups in total. The fraction of sp³-hybridized carbons (Fsp3) is 0.625. The highest BCUT2D eigenvalue weighted by atomic mass is 16.6. The third-order valence-corrected chi connectivity index (χ3v) is 5.98. The van der Waals surface area contributed by atoms with E-state index < -0.39 is 35.8 Å². The van der Waals surface area contributed by atoms with E-state index in [1.165, 1.54) is 4.90 Å². The van der Waals surface area contributed by atoms with Gasteiger partial charge in [0, 0.05) is 0 Å². The molecule has 3 amide bonds. The number of hydrogen-bond donors (Lipinski definition) is 1. The molecule has 2 atom stereocenters. The number of carbonyl (C=O) groups is 3. The van der Waals surface area contributed by atoms with E-state index in [0.29, 0.717) is 12.3 Å². The van der Waals surface area contributed by atoms with Crippen molar-refractivity contribution in [3.8, 4) is 0 Å². The molecule has 2 fully saturated rings. The largest absolute Gasteiger partial charge is 0.447 e. The Morgan fingerprint density at radius 2 is 1.81 bits per heavy atom. The van der Waals surface area contributed by atoms with Crippen LogP contribution in [0.15, 0.2) is 30.3 Å². The third kappa shape index (κ3) is 6.21. The first-order chi connectivity index (χ1) is 14.6. The van der Waals surface area contributed by atoms with Crippen molar-refractivity contribution in [1.29, 1.82) is 0 Å². The Kier molecular flexibility index (Phi) is 7.23. The molecule has 1 aliphatic heterocycles. The molecule has 0 bridgehead atoms. The van der Waals surface area contributed by atoms with Crippen LogP contribution in [0.5, 0.6) is 0 Å². The highest BCUT2D eigenvalue weighted by Gasteiger charge is 2.44. The number of carbonyl (C=O) groups excluding carboxylic acids is 3. The number of alkyl carbamates (subject to hydrolysis) is 1. The van der Waals surface area contributed by atoms with Gasteiger partial charge in [-0.2, -0.15) is 0 Å². The molecule has 1 aliphatic carbocycles. The Labute approximate surface area is 184 Å². The van der Waals surface area contributed by atoms with Gasteiger partial charge in [0.2, 0.25) is 0 Å². The summed E-state index contributed by atoms with van der Waals surface area (Å²) in [5.74, 6) is 0.145. The Morgan fingerprint density at radius 1 is 1.16 bits per heavy atom. The first-order valence-corrected chi connectivity index (χ1v) is 11.2. The molecular formula is C24H34N2O5. The van der Waals surface area contributed by atoms with E-state index in [9.17, 15) is 14.4 Å². The summed E-state index contributed by atoms with van der Waals surface area (Å²) in [5, 5.41) is 2.78. The van der Waals surface area contributed by atoms with Crippen LogP contribution in [0.25, 0.3) is 0 Å². The van der Waals surface area contributed by atoms with Gasteiger partial charge in [-0.05, 0) is 57.4 Å². The molecule has 170 valence electrons. The fourth-order valence-electron chi connectivity index (χ4n) is 4.35. The molecule has 3 rings (SSSR count). The number of amides is 3. The summed E-state index contributed by atoms with van der Waals surface area (Å²) < 4.78 is 10.6. The van der Waals surface area contributed by atoms with E-state index in [0.717, 1.165) is 31.2 Å². The smallest absolute Gasteiger partial charge is 0.417 e. The molecule has 1 saturated heterocycles. The zero-order valence-corrected chi connectivity index (χ0v) is 18.9. The molecule has 7 heteroatoms. The molecule has 31 heavy (non-hydrogen) atoms. The van der Waals surface area contributed by atoms with Crippen LogP contribution < -0.4 is 5.32 Å². The number of nitrogens with zero attached hydrogens (tertiary/aromatic N) is 1. The number of rotatable bonds is 5. The van der Waals surface area contributed by atoms with Crippen LogP contribution in [0.1, 0.15) is 58.9 Å². The van der Waals surface area contributed by atoms with Crippen molar-refractivity contribution in [3.63, 3.8) is 0 Å². The number of cyclic esters (lactones) is 1. The second kappa shape index (κ2) is 9.71.